The van der Waals surface area contributed by atoms with Crippen molar-refractivity contribution in [2.24, 2.45) is 0 Å². The number of anilines is 1. The second-order valence-corrected chi connectivity index (χ2v) is 7.56. The van der Waals surface area contributed by atoms with Gasteiger partial charge in [-0.25, -0.2) is 4.98 Å². The summed E-state index contributed by atoms with van der Waals surface area (Å²) in [4.78, 5) is 31.9. The van der Waals surface area contributed by atoms with Crippen LogP contribution >= 0.6 is 15.9 Å². The number of hydrogen-bond donors (Lipinski definition) is 1. The Kier molecular flexibility index (Phi) is 5.21. The van der Waals surface area contributed by atoms with Crippen molar-refractivity contribution in [1.29, 1.82) is 0 Å². The van der Waals surface area contributed by atoms with Crippen LogP contribution in [0.25, 0.3) is 0 Å². The summed E-state index contributed by atoms with van der Waals surface area (Å²) in [6, 6.07) is 20.1. The van der Waals surface area contributed by atoms with Crippen LogP contribution in [0.1, 0.15) is 21.5 Å². The molecule has 5 nitrogen and oxygen atoms in total. The molecule has 1 unspecified atom stereocenters. The molecule has 0 fully saturated rings. The van der Waals surface area contributed by atoms with Gasteiger partial charge in [0.1, 0.15) is 11.9 Å². The highest BCUT2D eigenvalue weighted by molar-refractivity contribution is 9.10. The minimum absolute atomic E-state index is 0.115. The summed E-state index contributed by atoms with van der Waals surface area (Å²) in [5.41, 5.74) is 2.60. The zero-order valence-corrected chi connectivity index (χ0v) is 16.6. The molecule has 0 spiro atoms. The van der Waals surface area contributed by atoms with Crippen molar-refractivity contribution in [3.63, 3.8) is 0 Å². The fourth-order valence-electron chi connectivity index (χ4n) is 3.37. The van der Waals surface area contributed by atoms with E-state index < -0.39 is 6.04 Å². The lowest BCUT2D eigenvalue weighted by atomic mass is 10.0. The SMILES string of the molecule is O=C(Nc1ccc(Br)cn1)C(Cc1ccccc1)N1Cc2ccccc2C1=O. The quantitative estimate of drug-likeness (QED) is 0.657. The van der Waals surface area contributed by atoms with E-state index in [-0.39, 0.29) is 11.8 Å². The maximum Gasteiger partial charge on any atom is 0.255 e. The van der Waals surface area contributed by atoms with E-state index >= 15 is 0 Å². The molecule has 1 aromatic heterocycles. The Morgan fingerprint density at radius 1 is 1.07 bits per heavy atom. The topological polar surface area (TPSA) is 62.3 Å². The van der Waals surface area contributed by atoms with Crippen LogP contribution in [-0.2, 0) is 17.8 Å². The Balaban J connectivity index is 1.61. The summed E-state index contributed by atoms with van der Waals surface area (Å²) in [5, 5.41) is 2.85. The highest BCUT2D eigenvalue weighted by atomic mass is 79.9. The van der Waals surface area contributed by atoms with Gasteiger partial charge in [0.15, 0.2) is 0 Å². The number of aromatic nitrogens is 1. The summed E-state index contributed by atoms with van der Waals surface area (Å²) in [5.74, 6) is 0.0886. The predicted octanol–water partition coefficient (Wildman–Crippen LogP) is 4.05. The number of fused-ring (bicyclic) bond motifs is 1. The number of nitrogens with one attached hydrogen (secondary N) is 1. The molecule has 0 saturated carbocycles. The number of rotatable bonds is 5. The highest BCUT2D eigenvalue weighted by Gasteiger charge is 2.36. The lowest BCUT2D eigenvalue weighted by Gasteiger charge is -2.27. The third-order valence-corrected chi connectivity index (χ3v) is 5.25. The van der Waals surface area contributed by atoms with E-state index in [9.17, 15) is 9.59 Å². The molecule has 1 N–H and O–H groups in total. The van der Waals surface area contributed by atoms with E-state index in [0.29, 0.717) is 24.3 Å². The smallest absolute Gasteiger partial charge is 0.255 e. The van der Waals surface area contributed by atoms with E-state index in [2.05, 4.69) is 26.2 Å². The molecule has 0 saturated heterocycles. The number of halogens is 1. The van der Waals surface area contributed by atoms with Crippen LogP contribution in [0.15, 0.2) is 77.4 Å². The summed E-state index contributed by atoms with van der Waals surface area (Å²) in [7, 11) is 0. The lowest BCUT2D eigenvalue weighted by molar-refractivity contribution is -0.120. The van der Waals surface area contributed by atoms with Crippen LogP contribution < -0.4 is 5.32 Å². The van der Waals surface area contributed by atoms with E-state index in [1.165, 1.54) is 0 Å². The van der Waals surface area contributed by atoms with Crippen molar-refractivity contribution in [2.75, 3.05) is 5.32 Å². The Labute approximate surface area is 171 Å². The number of benzene rings is 2. The first-order valence-electron chi connectivity index (χ1n) is 8.97. The highest BCUT2D eigenvalue weighted by Crippen LogP contribution is 2.26. The summed E-state index contributed by atoms with van der Waals surface area (Å²) in [6.45, 7) is 0.424. The van der Waals surface area contributed by atoms with Gasteiger partial charge in [-0.3, -0.25) is 9.59 Å². The van der Waals surface area contributed by atoms with E-state index in [1.807, 2.05) is 60.7 Å². The van der Waals surface area contributed by atoms with Gasteiger partial charge < -0.3 is 10.2 Å². The normalized spacial score (nSPS) is 13.9. The van der Waals surface area contributed by atoms with Gasteiger partial charge in [0.25, 0.3) is 5.91 Å². The third-order valence-electron chi connectivity index (χ3n) is 4.78. The Morgan fingerprint density at radius 3 is 2.54 bits per heavy atom. The molecule has 3 aromatic rings. The van der Waals surface area contributed by atoms with Crippen LogP contribution in [0.2, 0.25) is 0 Å². The number of amides is 2. The number of nitrogens with zero attached hydrogens (tertiary/aromatic N) is 2. The molecule has 2 heterocycles. The maximum absolute atomic E-state index is 13.1. The molecule has 2 aromatic carbocycles. The minimum atomic E-state index is -0.632. The van der Waals surface area contributed by atoms with Crippen molar-refractivity contribution in [1.82, 2.24) is 9.88 Å². The van der Waals surface area contributed by atoms with Crippen LogP contribution in [0, 0.1) is 0 Å². The Morgan fingerprint density at radius 2 is 1.82 bits per heavy atom. The molecule has 1 aliphatic rings. The minimum Gasteiger partial charge on any atom is -0.322 e. The van der Waals surface area contributed by atoms with Gasteiger partial charge in [-0.15, -0.1) is 0 Å². The largest absolute Gasteiger partial charge is 0.322 e. The first kappa shape index (κ1) is 18.4. The number of carbonyl (C=O) groups is 2. The Hall–Kier alpha value is -2.99. The molecule has 1 atom stereocenters. The summed E-state index contributed by atoms with van der Waals surface area (Å²) >= 11 is 3.34. The van der Waals surface area contributed by atoms with Crippen molar-refractivity contribution < 1.29 is 9.59 Å². The molecule has 28 heavy (non-hydrogen) atoms. The van der Waals surface area contributed by atoms with Gasteiger partial charge >= 0.3 is 0 Å². The number of pyridine rings is 1. The average molecular weight is 436 g/mol. The zero-order valence-electron chi connectivity index (χ0n) is 15.0. The molecule has 0 radical (unpaired) electrons. The Bertz CT molecular complexity index is 1010. The number of carbonyl (C=O) groups excluding carboxylic acids is 2. The van der Waals surface area contributed by atoms with Crippen LogP contribution in [-0.4, -0.2) is 27.7 Å². The molecule has 4 rings (SSSR count). The van der Waals surface area contributed by atoms with Gasteiger partial charge in [-0.2, -0.15) is 0 Å². The monoisotopic (exact) mass is 435 g/mol. The first-order chi connectivity index (χ1) is 13.6. The molecule has 0 aliphatic carbocycles. The van der Waals surface area contributed by atoms with Crippen molar-refractivity contribution >= 4 is 33.6 Å². The van der Waals surface area contributed by atoms with E-state index in [4.69, 9.17) is 0 Å². The van der Waals surface area contributed by atoms with Crippen LogP contribution in [0.3, 0.4) is 0 Å². The molecule has 6 heteroatoms. The zero-order chi connectivity index (χ0) is 19.5. The van der Waals surface area contributed by atoms with Gasteiger partial charge in [-0.1, -0.05) is 48.5 Å². The maximum atomic E-state index is 13.1. The second kappa shape index (κ2) is 7.94. The average Bonchev–Trinajstić information content (AvgIpc) is 3.05. The molecule has 1 aliphatic heterocycles. The van der Waals surface area contributed by atoms with Gasteiger partial charge in [-0.05, 0) is 45.3 Å². The van der Waals surface area contributed by atoms with E-state index in [0.717, 1.165) is 15.6 Å². The van der Waals surface area contributed by atoms with Gasteiger partial charge in [0.2, 0.25) is 5.91 Å². The lowest BCUT2D eigenvalue weighted by Crippen LogP contribution is -2.45. The van der Waals surface area contributed by atoms with Crippen molar-refractivity contribution in [2.45, 2.75) is 19.0 Å². The van der Waals surface area contributed by atoms with Gasteiger partial charge in [0, 0.05) is 29.2 Å². The summed E-state index contributed by atoms with van der Waals surface area (Å²) < 4.78 is 0.830. The first-order valence-corrected chi connectivity index (χ1v) is 9.76. The standard InChI is InChI=1S/C22H18BrN3O2/c23-17-10-11-20(24-13-17)25-21(27)19(12-15-6-2-1-3-7-15)26-14-16-8-4-5-9-18(16)22(26)28/h1-11,13,19H,12,14H2,(H,24,25,27). The summed E-state index contributed by atoms with van der Waals surface area (Å²) in [6.07, 6.45) is 2.06. The van der Waals surface area contributed by atoms with Gasteiger partial charge in [0.05, 0.1) is 0 Å². The fourth-order valence-corrected chi connectivity index (χ4v) is 3.60. The molecular formula is C22H18BrN3O2. The molecule has 0 bridgehead atoms. The van der Waals surface area contributed by atoms with Crippen molar-refractivity contribution in [3.05, 3.63) is 94.1 Å². The van der Waals surface area contributed by atoms with Crippen LogP contribution in [0.4, 0.5) is 5.82 Å². The third kappa shape index (κ3) is 3.82. The second-order valence-electron chi connectivity index (χ2n) is 6.65. The predicted molar refractivity (Wildman–Crippen MR) is 111 cm³/mol. The molecule has 140 valence electrons. The van der Waals surface area contributed by atoms with E-state index in [1.54, 1.807) is 17.2 Å². The fraction of sp³-hybridized carbons (Fsp3) is 0.136. The number of hydrogen-bond acceptors (Lipinski definition) is 3. The molecular weight excluding hydrogens is 418 g/mol. The molecule has 2 amide bonds. The van der Waals surface area contributed by atoms with Crippen LogP contribution in [0.5, 0.6) is 0 Å². The van der Waals surface area contributed by atoms with Crippen molar-refractivity contribution in [3.8, 4) is 0 Å².